The Bertz CT molecular complexity index is 774. The fraction of sp³-hybridized carbons (Fsp3) is 0.692. The first-order chi connectivity index (χ1) is 14.4. The van der Waals surface area contributed by atoms with Crippen LogP contribution in [0, 0.1) is 23.2 Å². The van der Waals surface area contributed by atoms with Gasteiger partial charge in [-0.15, -0.1) is 0 Å². The summed E-state index contributed by atoms with van der Waals surface area (Å²) < 4.78 is 0. The first kappa shape index (κ1) is 20.1. The molecule has 1 N–H and O–H groups in total. The van der Waals surface area contributed by atoms with E-state index < -0.39 is 5.41 Å². The zero-order chi connectivity index (χ0) is 20.9. The summed E-state index contributed by atoms with van der Waals surface area (Å²) in [4.78, 5) is 27.7. The number of benzene rings is 1. The Morgan fingerprint density at radius 3 is 2.00 bits per heavy atom. The van der Waals surface area contributed by atoms with E-state index in [1.54, 1.807) is 6.92 Å². The van der Waals surface area contributed by atoms with Gasteiger partial charge in [0.15, 0.2) is 0 Å². The lowest BCUT2D eigenvalue weighted by Crippen LogP contribution is -2.59. The molecule has 2 amide bonds. The van der Waals surface area contributed by atoms with E-state index >= 15 is 0 Å². The van der Waals surface area contributed by atoms with Crippen molar-refractivity contribution in [1.82, 2.24) is 10.2 Å². The molecule has 4 nitrogen and oxygen atoms in total. The number of likely N-dealkylation sites (tertiary alicyclic amines) is 1. The monoisotopic (exact) mass is 408 g/mol. The molecule has 1 atom stereocenters. The molecule has 4 heteroatoms. The molecule has 4 aliphatic carbocycles. The lowest BCUT2D eigenvalue weighted by molar-refractivity contribution is -0.137. The van der Waals surface area contributed by atoms with Crippen LogP contribution < -0.4 is 5.32 Å². The second kappa shape index (κ2) is 7.39. The van der Waals surface area contributed by atoms with Crippen molar-refractivity contribution in [3.8, 4) is 0 Å². The minimum atomic E-state index is -0.524. The van der Waals surface area contributed by atoms with Crippen molar-refractivity contribution in [1.29, 1.82) is 0 Å². The molecule has 30 heavy (non-hydrogen) atoms. The molecule has 0 radical (unpaired) electrons. The summed E-state index contributed by atoms with van der Waals surface area (Å²) in [6, 6.07) is 10.5. The highest BCUT2D eigenvalue weighted by molar-refractivity contribution is 5.89. The average Bonchev–Trinajstić information content (AvgIpc) is 2.73. The van der Waals surface area contributed by atoms with Gasteiger partial charge in [0.25, 0.3) is 0 Å². The molecule has 0 spiro atoms. The molecule has 5 fully saturated rings. The number of carbonyl (C=O) groups is 2. The Morgan fingerprint density at radius 2 is 1.50 bits per heavy atom. The first-order valence-corrected chi connectivity index (χ1v) is 12.0. The SMILES string of the molecule is CC(=O)N1CCC(C(=O)NC(C)C23CC4CC(CC(C4)C2)C3)(c2ccccc2)CC1. The minimum absolute atomic E-state index is 0.110. The maximum Gasteiger partial charge on any atom is 0.231 e. The van der Waals surface area contributed by atoms with Crippen molar-refractivity contribution in [2.45, 2.75) is 76.7 Å². The third-order valence-corrected chi connectivity index (χ3v) is 9.18. The van der Waals surface area contributed by atoms with Gasteiger partial charge in [0.1, 0.15) is 0 Å². The molecule has 6 rings (SSSR count). The van der Waals surface area contributed by atoms with Gasteiger partial charge in [0, 0.05) is 26.1 Å². The average molecular weight is 409 g/mol. The molecule has 1 heterocycles. The highest BCUT2D eigenvalue weighted by Gasteiger charge is 2.54. The fourth-order valence-corrected chi connectivity index (χ4v) is 7.80. The molecule has 1 saturated heterocycles. The third-order valence-electron chi connectivity index (χ3n) is 9.18. The van der Waals surface area contributed by atoms with Crippen molar-refractivity contribution in [2.75, 3.05) is 13.1 Å². The molecule has 0 aromatic heterocycles. The number of hydrogen-bond acceptors (Lipinski definition) is 2. The van der Waals surface area contributed by atoms with E-state index in [4.69, 9.17) is 0 Å². The number of carbonyl (C=O) groups excluding carboxylic acids is 2. The molecule has 1 unspecified atom stereocenters. The Labute approximate surface area is 180 Å². The zero-order valence-corrected chi connectivity index (χ0v) is 18.5. The molecule has 1 aromatic carbocycles. The van der Waals surface area contributed by atoms with E-state index in [-0.39, 0.29) is 17.9 Å². The normalized spacial score (nSPS) is 35.1. The zero-order valence-electron chi connectivity index (χ0n) is 18.5. The van der Waals surface area contributed by atoms with E-state index in [1.807, 2.05) is 23.1 Å². The van der Waals surface area contributed by atoms with Crippen molar-refractivity contribution >= 4 is 11.8 Å². The van der Waals surface area contributed by atoms with Crippen molar-refractivity contribution in [3.05, 3.63) is 35.9 Å². The maximum absolute atomic E-state index is 13.9. The van der Waals surface area contributed by atoms with Gasteiger partial charge in [0.2, 0.25) is 11.8 Å². The van der Waals surface area contributed by atoms with Crippen LogP contribution in [0.2, 0.25) is 0 Å². The Hall–Kier alpha value is -1.84. The van der Waals surface area contributed by atoms with Crippen LogP contribution in [-0.2, 0) is 15.0 Å². The van der Waals surface area contributed by atoms with Crippen LogP contribution in [0.5, 0.6) is 0 Å². The summed E-state index contributed by atoms with van der Waals surface area (Å²) >= 11 is 0. The molecule has 4 saturated carbocycles. The van der Waals surface area contributed by atoms with E-state index in [0.717, 1.165) is 23.3 Å². The smallest absolute Gasteiger partial charge is 0.231 e. The summed E-state index contributed by atoms with van der Waals surface area (Å²) in [6.45, 7) is 5.21. The predicted molar refractivity (Wildman–Crippen MR) is 118 cm³/mol. The molecular weight excluding hydrogens is 372 g/mol. The van der Waals surface area contributed by atoms with Crippen LogP contribution in [-0.4, -0.2) is 35.8 Å². The fourth-order valence-electron chi connectivity index (χ4n) is 7.80. The number of hydrogen-bond donors (Lipinski definition) is 1. The third kappa shape index (κ3) is 3.27. The van der Waals surface area contributed by atoms with Crippen LogP contribution in [0.25, 0.3) is 0 Å². The van der Waals surface area contributed by atoms with Crippen LogP contribution in [0.15, 0.2) is 30.3 Å². The van der Waals surface area contributed by atoms with Gasteiger partial charge >= 0.3 is 0 Å². The van der Waals surface area contributed by atoms with E-state index in [1.165, 1.54) is 38.5 Å². The van der Waals surface area contributed by atoms with E-state index in [9.17, 15) is 9.59 Å². The lowest BCUT2D eigenvalue weighted by Gasteiger charge is -2.59. The van der Waals surface area contributed by atoms with Gasteiger partial charge in [0.05, 0.1) is 5.41 Å². The topological polar surface area (TPSA) is 49.4 Å². The lowest BCUT2D eigenvalue weighted by atomic mass is 9.48. The van der Waals surface area contributed by atoms with Crippen LogP contribution in [0.1, 0.15) is 70.8 Å². The molecule has 1 aromatic rings. The van der Waals surface area contributed by atoms with Crippen LogP contribution in [0.4, 0.5) is 0 Å². The molecule has 5 aliphatic rings. The quantitative estimate of drug-likeness (QED) is 0.808. The van der Waals surface area contributed by atoms with Gasteiger partial charge in [-0.05, 0) is 87.0 Å². The van der Waals surface area contributed by atoms with Gasteiger partial charge < -0.3 is 10.2 Å². The Balaban J connectivity index is 1.37. The van der Waals surface area contributed by atoms with Gasteiger partial charge in [-0.25, -0.2) is 0 Å². The number of nitrogens with zero attached hydrogens (tertiary/aromatic N) is 1. The minimum Gasteiger partial charge on any atom is -0.352 e. The summed E-state index contributed by atoms with van der Waals surface area (Å²) in [6.07, 6.45) is 9.59. The van der Waals surface area contributed by atoms with Crippen molar-refractivity contribution in [2.24, 2.45) is 23.2 Å². The second-order valence-electron chi connectivity index (χ2n) is 10.9. The predicted octanol–water partition coefficient (Wildman–Crippen LogP) is 4.29. The first-order valence-electron chi connectivity index (χ1n) is 12.0. The maximum atomic E-state index is 13.9. The van der Waals surface area contributed by atoms with Gasteiger partial charge in [-0.1, -0.05) is 30.3 Å². The van der Waals surface area contributed by atoms with Gasteiger partial charge in [-0.3, -0.25) is 9.59 Å². The Kier molecular flexibility index (Phi) is 4.95. The van der Waals surface area contributed by atoms with E-state index in [2.05, 4.69) is 24.4 Å². The number of rotatable bonds is 4. The molecule has 162 valence electrons. The standard InChI is InChI=1S/C26H36N2O2/c1-18(25-15-20-12-21(16-25)14-22(13-20)17-25)27-24(30)26(23-6-4-3-5-7-23)8-10-28(11-9-26)19(2)29/h3-7,18,20-22H,8-17H2,1-2H3,(H,27,30). The molecule has 1 aliphatic heterocycles. The highest BCUT2D eigenvalue weighted by Crippen LogP contribution is 2.61. The number of piperidine rings is 1. The molecule has 4 bridgehead atoms. The summed E-state index contributed by atoms with van der Waals surface area (Å²) in [7, 11) is 0. The van der Waals surface area contributed by atoms with Crippen molar-refractivity contribution < 1.29 is 9.59 Å². The summed E-state index contributed by atoms with van der Waals surface area (Å²) in [5.41, 5.74) is 0.884. The largest absolute Gasteiger partial charge is 0.352 e. The molecular formula is C26H36N2O2. The Morgan fingerprint density at radius 1 is 0.967 bits per heavy atom. The summed E-state index contributed by atoms with van der Waals surface area (Å²) in [5, 5.41) is 3.55. The van der Waals surface area contributed by atoms with Gasteiger partial charge in [-0.2, -0.15) is 0 Å². The van der Waals surface area contributed by atoms with E-state index in [0.29, 0.717) is 31.3 Å². The van der Waals surface area contributed by atoms with Crippen molar-refractivity contribution in [3.63, 3.8) is 0 Å². The second-order valence-corrected chi connectivity index (χ2v) is 10.9. The van der Waals surface area contributed by atoms with Crippen LogP contribution >= 0.6 is 0 Å². The highest BCUT2D eigenvalue weighted by atomic mass is 16.2. The number of nitrogens with one attached hydrogen (secondary N) is 1. The number of amides is 2. The summed E-state index contributed by atoms with van der Waals surface area (Å²) in [5.74, 6) is 2.95. The van der Waals surface area contributed by atoms with Crippen LogP contribution in [0.3, 0.4) is 0 Å².